The predicted octanol–water partition coefficient (Wildman–Crippen LogP) is 2.11. The van der Waals surface area contributed by atoms with Crippen molar-refractivity contribution in [2.24, 2.45) is 5.92 Å². The summed E-state index contributed by atoms with van der Waals surface area (Å²) in [5.41, 5.74) is 0. The Morgan fingerprint density at radius 3 is 2.55 bits per heavy atom. The molecular formula is C8H13BrO2. The molecule has 0 aromatic rings. The molecule has 1 aliphatic carbocycles. The maximum absolute atomic E-state index is 11.0. The van der Waals surface area contributed by atoms with Gasteiger partial charge in [-0.2, -0.15) is 0 Å². The maximum Gasteiger partial charge on any atom is 0.319 e. The van der Waals surface area contributed by atoms with Crippen LogP contribution in [-0.4, -0.2) is 17.9 Å². The smallest absolute Gasteiger partial charge is 0.319 e. The molecule has 0 radical (unpaired) electrons. The maximum atomic E-state index is 11.0. The molecule has 1 atom stereocenters. The molecule has 1 fully saturated rings. The van der Waals surface area contributed by atoms with E-state index in [1.54, 1.807) is 0 Å². The average Bonchev–Trinajstić information content (AvgIpc) is 2.53. The zero-order chi connectivity index (χ0) is 8.27. The Hall–Kier alpha value is -0.0500. The van der Waals surface area contributed by atoms with E-state index >= 15 is 0 Å². The van der Waals surface area contributed by atoms with Gasteiger partial charge in [-0.1, -0.05) is 28.8 Å². The fraction of sp³-hybridized carbons (Fsp3) is 0.875. The number of halogens is 1. The molecule has 1 rings (SSSR count). The minimum atomic E-state index is -0.128. The van der Waals surface area contributed by atoms with Crippen LogP contribution in [0.5, 0.6) is 0 Å². The fourth-order valence-corrected chi connectivity index (χ4v) is 2.27. The Morgan fingerprint density at radius 1 is 1.55 bits per heavy atom. The van der Waals surface area contributed by atoms with Crippen LogP contribution >= 0.6 is 15.9 Å². The summed E-state index contributed by atoms with van der Waals surface area (Å²) in [5, 5.41) is 0. The zero-order valence-electron chi connectivity index (χ0n) is 6.68. The van der Waals surface area contributed by atoms with Gasteiger partial charge in [0, 0.05) is 0 Å². The van der Waals surface area contributed by atoms with Gasteiger partial charge in [0.15, 0.2) is 0 Å². The van der Waals surface area contributed by atoms with E-state index in [4.69, 9.17) is 0 Å². The third kappa shape index (κ3) is 2.19. The summed E-state index contributed by atoms with van der Waals surface area (Å²) in [5.74, 6) is 0.374. The second kappa shape index (κ2) is 4.10. The third-order valence-corrected chi connectivity index (χ3v) is 3.36. The van der Waals surface area contributed by atoms with E-state index in [2.05, 4.69) is 20.7 Å². The minimum Gasteiger partial charge on any atom is -0.468 e. The molecule has 11 heavy (non-hydrogen) atoms. The molecule has 64 valence electrons. The second-order valence-corrected chi connectivity index (χ2v) is 3.96. The van der Waals surface area contributed by atoms with Crippen molar-refractivity contribution in [3.05, 3.63) is 0 Å². The molecule has 0 saturated heterocycles. The lowest BCUT2D eigenvalue weighted by atomic mass is 10.0. The van der Waals surface area contributed by atoms with Gasteiger partial charge in [0.1, 0.15) is 4.83 Å². The van der Waals surface area contributed by atoms with Crippen LogP contribution in [0.4, 0.5) is 0 Å². The lowest BCUT2D eigenvalue weighted by molar-refractivity contribution is -0.140. The largest absolute Gasteiger partial charge is 0.468 e. The Balaban J connectivity index is 2.39. The van der Waals surface area contributed by atoms with Crippen LogP contribution in [-0.2, 0) is 9.53 Å². The monoisotopic (exact) mass is 220 g/mol. The molecule has 0 spiro atoms. The fourth-order valence-electron chi connectivity index (χ4n) is 1.56. The quantitative estimate of drug-likeness (QED) is 0.527. The summed E-state index contributed by atoms with van der Waals surface area (Å²) < 4.78 is 4.64. The number of alkyl halides is 1. The van der Waals surface area contributed by atoms with E-state index in [-0.39, 0.29) is 10.8 Å². The van der Waals surface area contributed by atoms with Crippen molar-refractivity contribution in [2.75, 3.05) is 7.11 Å². The number of carbonyl (C=O) groups is 1. The van der Waals surface area contributed by atoms with Crippen LogP contribution in [0.1, 0.15) is 25.7 Å². The van der Waals surface area contributed by atoms with Crippen molar-refractivity contribution in [1.29, 1.82) is 0 Å². The third-order valence-electron chi connectivity index (χ3n) is 2.24. The Bertz CT molecular complexity index is 141. The molecule has 0 N–H and O–H groups in total. The van der Waals surface area contributed by atoms with Crippen molar-refractivity contribution in [2.45, 2.75) is 30.5 Å². The Morgan fingerprint density at radius 2 is 2.09 bits per heavy atom. The van der Waals surface area contributed by atoms with Crippen LogP contribution in [0.15, 0.2) is 0 Å². The highest BCUT2D eigenvalue weighted by Gasteiger charge is 2.28. The van der Waals surface area contributed by atoms with Crippen molar-refractivity contribution in [1.82, 2.24) is 0 Å². The minimum absolute atomic E-state index is 0.0741. The Kier molecular flexibility index (Phi) is 3.37. The highest BCUT2D eigenvalue weighted by molar-refractivity contribution is 9.10. The van der Waals surface area contributed by atoms with Gasteiger partial charge in [-0.15, -0.1) is 0 Å². The molecule has 1 unspecified atom stereocenters. The number of hydrogen-bond acceptors (Lipinski definition) is 2. The van der Waals surface area contributed by atoms with Gasteiger partial charge in [-0.3, -0.25) is 4.79 Å². The summed E-state index contributed by atoms with van der Waals surface area (Å²) in [7, 11) is 1.44. The van der Waals surface area contributed by atoms with Crippen LogP contribution < -0.4 is 0 Å². The summed E-state index contributed by atoms with van der Waals surface area (Å²) in [6.07, 6.45) is 4.82. The van der Waals surface area contributed by atoms with Gasteiger partial charge in [0.25, 0.3) is 0 Å². The highest BCUT2D eigenvalue weighted by atomic mass is 79.9. The first kappa shape index (κ1) is 9.04. The molecule has 0 amide bonds. The van der Waals surface area contributed by atoms with E-state index in [1.165, 1.54) is 20.0 Å². The number of carbonyl (C=O) groups excluding carboxylic acids is 1. The van der Waals surface area contributed by atoms with Crippen LogP contribution in [0, 0.1) is 5.92 Å². The topological polar surface area (TPSA) is 26.3 Å². The summed E-state index contributed by atoms with van der Waals surface area (Å²) >= 11 is 3.36. The molecule has 0 aliphatic heterocycles. The molecule has 3 heteroatoms. The molecule has 1 saturated carbocycles. The summed E-state index contributed by atoms with van der Waals surface area (Å²) in [6, 6.07) is 0. The van der Waals surface area contributed by atoms with E-state index in [9.17, 15) is 4.79 Å². The van der Waals surface area contributed by atoms with Gasteiger partial charge >= 0.3 is 5.97 Å². The molecule has 0 heterocycles. The van der Waals surface area contributed by atoms with Gasteiger partial charge in [0.2, 0.25) is 0 Å². The molecule has 0 aromatic heterocycles. The number of methoxy groups -OCH3 is 1. The highest BCUT2D eigenvalue weighted by Crippen LogP contribution is 2.31. The van der Waals surface area contributed by atoms with Crippen LogP contribution in [0.25, 0.3) is 0 Å². The van der Waals surface area contributed by atoms with Gasteiger partial charge in [0.05, 0.1) is 7.11 Å². The molecule has 1 aliphatic rings. The van der Waals surface area contributed by atoms with Crippen molar-refractivity contribution >= 4 is 21.9 Å². The normalized spacial score (nSPS) is 21.6. The van der Waals surface area contributed by atoms with Gasteiger partial charge in [-0.05, 0) is 18.8 Å². The lowest BCUT2D eigenvalue weighted by Crippen LogP contribution is -2.23. The van der Waals surface area contributed by atoms with E-state index in [1.807, 2.05) is 0 Å². The first-order valence-electron chi connectivity index (χ1n) is 3.97. The van der Waals surface area contributed by atoms with Crippen LogP contribution in [0.2, 0.25) is 0 Å². The second-order valence-electron chi connectivity index (χ2n) is 2.97. The summed E-state index contributed by atoms with van der Waals surface area (Å²) in [4.78, 5) is 11.0. The molecule has 0 aromatic carbocycles. The first-order valence-corrected chi connectivity index (χ1v) is 4.89. The standard InChI is InChI=1S/C8H13BrO2/c1-11-8(10)7(9)6-4-2-3-5-6/h6-7H,2-5H2,1H3. The van der Waals surface area contributed by atoms with E-state index in [0.717, 1.165) is 12.8 Å². The van der Waals surface area contributed by atoms with E-state index < -0.39 is 0 Å². The predicted molar refractivity (Wildman–Crippen MR) is 46.7 cm³/mol. The molecule has 0 bridgehead atoms. The lowest BCUT2D eigenvalue weighted by Gasteiger charge is -2.13. The van der Waals surface area contributed by atoms with Gasteiger partial charge < -0.3 is 4.74 Å². The number of hydrogen-bond donors (Lipinski definition) is 0. The molecule has 2 nitrogen and oxygen atoms in total. The van der Waals surface area contributed by atoms with Crippen molar-refractivity contribution < 1.29 is 9.53 Å². The van der Waals surface area contributed by atoms with Crippen molar-refractivity contribution in [3.63, 3.8) is 0 Å². The number of ether oxygens (including phenoxy) is 1. The average molecular weight is 221 g/mol. The van der Waals surface area contributed by atoms with E-state index in [0.29, 0.717) is 5.92 Å². The zero-order valence-corrected chi connectivity index (χ0v) is 8.26. The summed E-state index contributed by atoms with van der Waals surface area (Å²) in [6.45, 7) is 0. The Labute approximate surface area is 75.4 Å². The van der Waals surface area contributed by atoms with Crippen LogP contribution in [0.3, 0.4) is 0 Å². The molecular weight excluding hydrogens is 208 g/mol. The first-order chi connectivity index (χ1) is 5.25. The number of esters is 1. The van der Waals surface area contributed by atoms with Crippen molar-refractivity contribution in [3.8, 4) is 0 Å². The van der Waals surface area contributed by atoms with Gasteiger partial charge in [-0.25, -0.2) is 0 Å². The SMILES string of the molecule is COC(=O)C(Br)C1CCCC1. The number of rotatable bonds is 2.